The lowest BCUT2D eigenvalue weighted by Gasteiger charge is -2.08. The van der Waals surface area contributed by atoms with Crippen LogP contribution in [0.2, 0.25) is 0 Å². The largest absolute Gasteiger partial charge is 0.504 e. The van der Waals surface area contributed by atoms with E-state index in [0.717, 1.165) is 18.2 Å². The lowest BCUT2D eigenvalue weighted by atomic mass is 10.1. The highest BCUT2D eigenvalue weighted by Gasteiger charge is 2.14. The van der Waals surface area contributed by atoms with Gasteiger partial charge in [0, 0.05) is 6.08 Å². The molecule has 0 fully saturated rings. The van der Waals surface area contributed by atoms with Crippen molar-refractivity contribution in [3.63, 3.8) is 0 Å². The molecule has 2 aromatic rings. The third-order valence-electron chi connectivity index (χ3n) is 2.82. The zero-order valence-corrected chi connectivity index (χ0v) is 11.6. The first-order valence-corrected chi connectivity index (χ1v) is 6.35. The van der Waals surface area contributed by atoms with E-state index in [0.29, 0.717) is 5.56 Å². The molecule has 0 atom stereocenters. The molecule has 7 heteroatoms. The predicted molar refractivity (Wildman–Crippen MR) is 79.5 cm³/mol. The van der Waals surface area contributed by atoms with Crippen molar-refractivity contribution in [1.29, 1.82) is 0 Å². The SMILES string of the molecule is O=C(O)C=Cc1ccc(O)c(OC(=O)c2ccc(O)c(O)c2)c1. The van der Waals surface area contributed by atoms with Crippen LogP contribution in [0.5, 0.6) is 23.0 Å². The maximum atomic E-state index is 12.0. The monoisotopic (exact) mass is 316 g/mol. The van der Waals surface area contributed by atoms with Gasteiger partial charge in [0.2, 0.25) is 0 Å². The fourth-order valence-corrected chi connectivity index (χ4v) is 1.69. The first-order valence-electron chi connectivity index (χ1n) is 6.35. The van der Waals surface area contributed by atoms with Gasteiger partial charge in [-0.15, -0.1) is 0 Å². The van der Waals surface area contributed by atoms with Crippen LogP contribution in [0.15, 0.2) is 42.5 Å². The molecular weight excluding hydrogens is 304 g/mol. The molecule has 7 nitrogen and oxygen atoms in total. The van der Waals surface area contributed by atoms with E-state index in [2.05, 4.69) is 0 Å². The molecule has 0 aromatic heterocycles. The van der Waals surface area contributed by atoms with Crippen LogP contribution in [0, 0.1) is 0 Å². The van der Waals surface area contributed by atoms with E-state index in [-0.39, 0.29) is 22.8 Å². The number of hydrogen-bond donors (Lipinski definition) is 4. The van der Waals surface area contributed by atoms with E-state index in [1.807, 2.05) is 0 Å². The Morgan fingerprint density at radius 1 is 0.913 bits per heavy atom. The number of aliphatic carboxylic acids is 1. The minimum absolute atomic E-state index is 0.0359. The maximum absolute atomic E-state index is 12.0. The number of ether oxygens (including phenoxy) is 1. The summed E-state index contributed by atoms with van der Waals surface area (Å²) in [4.78, 5) is 22.5. The second kappa shape index (κ2) is 6.52. The van der Waals surface area contributed by atoms with E-state index >= 15 is 0 Å². The van der Waals surface area contributed by atoms with Crippen molar-refractivity contribution < 1.29 is 34.8 Å². The molecule has 0 aliphatic carbocycles. The number of carbonyl (C=O) groups excluding carboxylic acids is 1. The summed E-state index contributed by atoms with van der Waals surface area (Å²) in [5, 5.41) is 36.8. The van der Waals surface area contributed by atoms with Crippen molar-refractivity contribution in [2.24, 2.45) is 0 Å². The van der Waals surface area contributed by atoms with Crippen LogP contribution < -0.4 is 4.74 Å². The number of carboxylic acid groups (broad SMARTS) is 1. The molecule has 0 heterocycles. The van der Waals surface area contributed by atoms with Gasteiger partial charge in [-0.05, 0) is 42.0 Å². The summed E-state index contributed by atoms with van der Waals surface area (Å²) in [6.45, 7) is 0. The van der Waals surface area contributed by atoms with Crippen LogP contribution in [-0.4, -0.2) is 32.4 Å². The molecule has 2 aromatic carbocycles. The third-order valence-corrected chi connectivity index (χ3v) is 2.82. The summed E-state index contributed by atoms with van der Waals surface area (Å²) in [7, 11) is 0. The van der Waals surface area contributed by atoms with Crippen molar-refractivity contribution in [2.75, 3.05) is 0 Å². The summed E-state index contributed by atoms with van der Waals surface area (Å²) in [5.41, 5.74) is 0.368. The normalized spacial score (nSPS) is 10.6. The van der Waals surface area contributed by atoms with Gasteiger partial charge >= 0.3 is 11.9 Å². The third kappa shape index (κ3) is 4.01. The van der Waals surface area contributed by atoms with E-state index in [4.69, 9.17) is 9.84 Å². The van der Waals surface area contributed by atoms with Crippen molar-refractivity contribution in [1.82, 2.24) is 0 Å². The molecule has 0 aliphatic heterocycles. The van der Waals surface area contributed by atoms with Crippen molar-refractivity contribution in [3.05, 3.63) is 53.6 Å². The Morgan fingerprint density at radius 2 is 1.61 bits per heavy atom. The van der Waals surface area contributed by atoms with Crippen LogP contribution in [0.3, 0.4) is 0 Å². The van der Waals surface area contributed by atoms with E-state index in [1.54, 1.807) is 0 Å². The lowest BCUT2D eigenvalue weighted by molar-refractivity contribution is -0.131. The molecule has 0 amide bonds. The molecular formula is C16H12O7. The number of rotatable bonds is 4. The first-order chi connectivity index (χ1) is 10.9. The van der Waals surface area contributed by atoms with Gasteiger partial charge in [-0.3, -0.25) is 0 Å². The second-order valence-corrected chi connectivity index (χ2v) is 4.49. The minimum atomic E-state index is -1.14. The lowest BCUT2D eigenvalue weighted by Crippen LogP contribution is -2.08. The number of aromatic hydroxyl groups is 3. The number of esters is 1. The van der Waals surface area contributed by atoms with E-state index in [1.165, 1.54) is 30.3 Å². The highest BCUT2D eigenvalue weighted by molar-refractivity contribution is 5.92. The van der Waals surface area contributed by atoms with Crippen molar-refractivity contribution in [3.8, 4) is 23.0 Å². The van der Waals surface area contributed by atoms with Crippen molar-refractivity contribution in [2.45, 2.75) is 0 Å². The number of phenols is 3. The second-order valence-electron chi connectivity index (χ2n) is 4.49. The van der Waals surface area contributed by atoms with Gasteiger partial charge in [-0.2, -0.15) is 0 Å². The van der Waals surface area contributed by atoms with E-state index in [9.17, 15) is 24.9 Å². The average Bonchev–Trinajstić information content (AvgIpc) is 2.50. The van der Waals surface area contributed by atoms with Gasteiger partial charge in [0.25, 0.3) is 0 Å². The molecule has 2 rings (SSSR count). The van der Waals surface area contributed by atoms with Crippen LogP contribution in [-0.2, 0) is 4.79 Å². The molecule has 0 unspecified atom stereocenters. The fourth-order valence-electron chi connectivity index (χ4n) is 1.69. The number of benzene rings is 2. The Balaban J connectivity index is 2.24. The summed E-state index contributed by atoms with van der Waals surface area (Å²) < 4.78 is 5.01. The smallest absolute Gasteiger partial charge is 0.343 e. The quantitative estimate of drug-likeness (QED) is 0.295. The summed E-state index contributed by atoms with van der Waals surface area (Å²) in [5.74, 6) is -3.36. The Morgan fingerprint density at radius 3 is 2.26 bits per heavy atom. The highest BCUT2D eigenvalue weighted by atomic mass is 16.5. The molecule has 0 saturated carbocycles. The molecule has 0 radical (unpaired) electrons. The Kier molecular flexibility index (Phi) is 4.51. The van der Waals surface area contributed by atoms with Gasteiger partial charge in [-0.25, -0.2) is 9.59 Å². The Bertz CT molecular complexity index is 793. The number of phenolic OH excluding ortho intramolecular Hbond substituents is 3. The standard InChI is InChI=1S/C16H12O7/c17-11-5-3-10(8-13(11)19)16(22)23-14-7-9(1-4-12(14)18)2-6-15(20)21/h1-8,17-19H,(H,20,21). The molecule has 4 N–H and O–H groups in total. The van der Waals surface area contributed by atoms with Gasteiger partial charge < -0.3 is 25.2 Å². The first kappa shape index (κ1) is 15.9. The van der Waals surface area contributed by atoms with Crippen molar-refractivity contribution >= 4 is 18.0 Å². The molecule has 0 saturated heterocycles. The Labute approximate surface area is 130 Å². The molecule has 0 bridgehead atoms. The molecule has 0 aliphatic rings. The zero-order chi connectivity index (χ0) is 17.0. The number of carboxylic acids is 1. The Hall–Kier alpha value is -3.48. The topological polar surface area (TPSA) is 124 Å². The molecule has 0 spiro atoms. The predicted octanol–water partition coefficient (Wildman–Crippen LogP) is 2.12. The van der Waals surface area contributed by atoms with Crippen LogP contribution in [0.25, 0.3) is 6.08 Å². The summed E-state index contributed by atoms with van der Waals surface area (Å²) in [6, 6.07) is 7.35. The molecule has 118 valence electrons. The number of carbonyl (C=O) groups is 2. The van der Waals surface area contributed by atoms with E-state index < -0.39 is 17.7 Å². The fraction of sp³-hybridized carbons (Fsp3) is 0. The highest BCUT2D eigenvalue weighted by Crippen LogP contribution is 2.30. The zero-order valence-electron chi connectivity index (χ0n) is 11.6. The summed E-state index contributed by atoms with van der Waals surface area (Å²) in [6.07, 6.45) is 2.17. The van der Waals surface area contributed by atoms with Crippen LogP contribution in [0.4, 0.5) is 0 Å². The maximum Gasteiger partial charge on any atom is 0.343 e. The van der Waals surface area contributed by atoms with Crippen LogP contribution >= 0.6 is 0 Å². The average molecular weight is 316 g/mol. The molecule has 23 heavy (non-hydrogen) atoms. The number of hydrogen-bond acceptors (Lipinski definition) is 6. The summed E-state index contributed by atoms with van der Waals surface area (Å²) >= 11 is 0. The van der Waals surface area contributed by atoms with Gasteiger partial charge in [0.05, 0.1) is 5.56 Å². The van der Waals surface area contributed by atoms with Crippen LogP contribution in [0.1, 0.15) is 15.9 Å². The van der Waals surface area contributed by atoms with Gasteiger partial charge in [0.15, 0.2) is 23.0 Å². The van der Waals surface area contributed by atoms with Gasteiger partial charge in [0.1, 0.15) is 0 Å². The minimum Gasteiger partial charge on any atom is -0.504 e. The van der Waals surface area contributed by atoms with Gasteiger partial charge in [-0.1, -0.05) is 6.07 Å².